The summed E-state index contributed by atoms with van der Waals surface area (Å²) in [5, 5.41) is 29.5. The Kier molecular flexibility index (Phi) is 6.20. The first-order valence-corrected chi connectivity index (χ1v) is 8.88. The molecule has 0 aromatic heterocycles. The Labute approximate surface area is 172 Å². The van der Waals surface area contributed by atoms with E-state index in [0.29, 0.717) is 28.0 Å². The minimum absolute atomic E-state index is 0.0131. The van der Waals surface area contributed by atoms with Crippen LogP contribution < -0.4 is 4.74 Å². The van der Waals surface area contributed by atoms with Gasteiger partial charge in [-0.15, -0.1) is 0 Å². The van der Waals surface area contributed by atoms with Gasteiger partial charge in [-0.1, -0.05) is 42.5 Å². The largest absolute Gasteiger partial charge is 0.488 e. The van der Waals surface area contributed by atoms with Gasteiger partial charge >= 0.3 is 5.97 Å². The smallest absolute Gasteiger partial charge is 0.335 e. The molecule has 7 nitrogen and oxygen atoms in total. The first-order chi connectivity index (χ1) is 14.5. The van der Waals surface area contributed by atoms with Crippen LogP contribution in [0.5, 0.6) is 5.75 Å². The fraction of sp³-hybridized carbons (Fsp3) is 0.0435. The average Bonchev–Trinajstić information content (AvgIpc) is 2.77. The number of benzene rings is 3. The number of nitro benzene ring substituents is 1. The van der Waals surface area contributed by atoms with Gasteiger partial charge < -0.3 is 9.84 Å². The van der Waals surface area contributed by atoms with Crippen molar-refractivity contribution in [1.29, 1.82) is 5.26 Å². The number of nitrogens with zero attached hydrogens (tertiary/aromatic N) is 2. The van der Waals surface area contributed by atoms with Gasteiger partial charge in [0.15, 0.2) is 0 Å². The maximum Gasteiger partial charge on any atom is 0.335 e. The van der Waals surface area contributed by atoms with Gasteiger partial charge in [0.2, 0.25) is 0 Å². The molecule has 0 radical (unpaired) electrons. The summed E-state index contributed by atoms with van der Waals surface area (Å²) in [7, 11) is 0. The third-order valence-corrected chi connectivity index (χ3v) is 4.30. The van der Waals surface area contributed by atoms with E-state index in [2.05, 4.69) is 6.07 Å². The molecule has 0 aliphatic carbocycles. The first kappa shape index (κ1) is 20.3. The maximum atomic E-state index is 11.0. The molecule has 3 aromatic carbocycles. The van der Waals surface area contributed by atoms with Crippen molar-refractivity contribution in [1.82, 2.24) is 0 Å². The highest BCUT2D eigenvalue weighted by Crippen LogP contribution is 2.26. The number of hydrogen-bond donors (Lipinski definition) is 1. The molecule has 0 saturated carbocycles. The Balaban J connectivity index is 1.85. The molecule has 0 atom stereocenters. The van der Waals surface area contributed by atoms with Gasteiger partial charge in [-0.2, -0.15) is 5.26 Å². The van der Waals surface area contributed by atoms with E-state index in [4.69, 9.17) is 9.84 Å². The van der Waals surface area contributed by atoms with E-state index in [1.54, 1.807) is 54.6 Å². The predicted molar refractivity (Wildman–Crippen MR) is 111 cm³/mol. The van der Waals surface area contributed by atoms with Crippen molar-refractivity contribution < 1.29 is 19.6 Å². The third kappa shape index (κ3) is 4.88. The van der Waals surface area contributed by atoms with Crippen LogP contribution in [-0.4, -0.2) is 16.0 Å². The van der Waals surface area contributed by atoms with E-state index in [1.807, 2.05) is 0 Å². The Morgan fingerprint density at radius 2 is 1.77 bits per heavy atom. The molecular formula is C23H16N2O5. The summed E-state index contributed by atoms with van der Waals surface area (Å²) in [6.07, 6.45) is 1.65. The zero-order valence-corrected chi connectivity index (χ0v) is 15.7. The van der Waals surface area contributed by atoms with E-state index in [9.17, 15) is 20.2 Å². The summed E-state index contributed by atoms with van der Waals surface area (Å²) >= 11 is 0. The Morgan fingerprint density at radius 3 is 2.43 bits per heavy atom. The Bertz CT molecular complexity index is 1160. The number of rotatable bonds is 7. The van der Waals surface area contributed by atoms with Gasteiger partial charge in [0, 0.05) is 17.7 Å². The maximum absolute atomic E-state index is 11.0. The number of allylic oxidation sites excluding steroid dienone is 1. The van der Waals surface area contributed by atoms with Crippen molar-refractivity contribution in [3.8, 4) is 11.8 Å². The number of carbonyl (C=O) groups is 1. The third-order valence-electron chi connectivity index (χ3n) is 4.30. The lowest BCUT2D eigenvalue weighted by atomic mass is 10.0. The number of nitriles is 1. The second-order valence-corrected chi connectivity index (χ2v) is 6.31. The monoisotopic (exact) mass is 400 g/mol. The lowest BCUT2D eigenvalue weighted by Gasteiger charge is -2.10. The van der Waals surface area contributed by atoms with Crippen LogP contribution in [0.4, 0.5) is 5.69 Å². The van der Waals surface area contributed by atoms with Gasteiger partial charge in [0.05, 0.1) is 22.1 Å². The predicted octanol–water partition coefficient (Wildman–Crippen LogP) is 4.94. The van der Waals surface area contributed by atoms with Crippen LogP contribution in [0.15, 0.2) is 72.8 Å². The number of non-ortho nitro benzene ring substituents is 1. The fourth-order valence-electron chi connectivity index (χ4n) is 2.78. The molecule has 0 spiro atoms. The first-order valence-electron chi connectivity index (χ1n) is 8.88. The number of carboxylic acid groups (broad SMARTS) is 1. The summed E-state index contributed by atoms with van der Waals surface area (Å²) < 4.78 is 5.84. The van der Waals surface area contributed by atoms with Crippen molar-refractivity contribution >= 4 is 23.3 Å². The molecule has 1 N–H and O–H groups in total. The summed E-state index contributed by atoms with van der Waals surface area (Å²) in [5.41, 5.74) is 2.35. The molecule has 3 rings (SSSR count). The topological polar surface area (TPSA) is 113 Å². The quantitative estimate of drug-likeness (QED) is 0.260. The van der Waals surface area contributed by atoms with Crippen molar-refractivity contribution in [3.63, 3.8) is 0 Å². The molecule has 0 aliphatic rings. The van der Waals surface area contributed by atoms with Crippen LogP contribution >= 0.6 is 0 Å². The number of aromatic carboxylic acids is 1. The van der Waals surface area contributed by atoms with E-state index in [-0.39, 0.29) is 17.9 Å². The molecule has 0 unspecified atom stereocenters. The number of ether oxygens (including phenoxy) is 1. The van der Waals surface area contributed by atoms with Crippen molar-refractivity contribution in [2.24, 2.45) is 0 Å². The normalized spacial score (nSPS) is 10.8. The van der Waals surface area contributed by atoms with Crippen LogP contribution in [0.25, 0.3) is 11.6 Å². The minimum Gasteiger partial charge on any atom is -0.488 e. The number of para-hydroxylation sites is 1. The lowest BCUT2D eigenvalue weighted by Crippen LogP contribution is -1.98. The highest BCUT2D eigenvalue weighted by Gasteiger charge is 2.09. The number of hydrogen-bond acceptors (Lipinski definition) is 5. The van der Waals surface area contributed by atoms with Gasteiger partial charge in [0.1, 0.15) is 12.4 Å². The summed E-state index contributed by atoms with van der Waals surface area (Å²) in [4.78, 5) is 21.5. The molecule has 0 heterocycles. The van der Waals surface area contributed by atoms with Crippen LogP contribution in [0.1, 0.15) is 27.0 Å². The second-order valence-electron chi connectivity index (χ2n) is 6.31. The molecule has 0 bridgehead atoms. The zero-order chi connectivity index (χ0) is 21.5. The van der Waals surface area contributed by atoms with Crippen molar-refractivity contribution in [2.45, 2.75) is 6.61 Å². The van der Waals surface area contributed by atoms with E-state index in [0.717, 1.165) is 0 Å². The molecule has 148 valence electrons. The van der Waals surface area contributed by atoms with Crippen LogP contribution in [0.3, 0.4) is 0 Å². The Morgan fingerprint density at radius 1 is 1.07 bits per heavy atom. The fourth-order valence-corrected chi connectivity index (χ4v) is 2.78. The Hall–Kier alpha value is -4.44. The molecule has 3 aromatic rings. The SMILES string of the molecule is N#CC(=Cc1ccccc1OCc1cccc([N+](=O)[O-])c1)c1ccc(C(=O)O)cc1. The van der Waals surface area contributed by atoms with E-state index >= 15 is 0 Å². The molecule has 0 amide bonds. The van der Waals surface area contributed by atoms with Gasteiger partial charge in [-0.05, 0) is 35.4 Å². The standard InChI is InChI=1S/C23H16N2O5/c24-14-20(17-8-10-18(11-9-17)23(26)27)13-19-5-1-2-7-22(19)30-15-16-4-3-6-21(12-16)25(28)29/h1-13H,15H2,(H,26,27). The number of carboxylic acids is 1. The number of nitro groups is 1. The molecule has 0 fully saturated rings. The molecule has 30 heavy (non-hydrogen) atoms. The summed E-state index contributed by atoms with van der Waals surface area (Å²) in [6.45, 7) is 0.127. The van der Waals surface area contributed by atoms with Gasteiger partial charge in [-0.3, -0.25) is 10.1 Å². The van der Waals surface area contributed by atoms with Crippen LogP contribution in [0.2, 0.25) is 0 Å². The van der Waals surface area contributed by atoms with Crippen molar-refractivity contribution in [2.75, 3.05) is 0 Å². The molecule has 0 aliphatic heterocycles. The zero-order valence-electron chi connectivity index (χ0n) is 15.7. The van der Waals surface area contributed by atoms with Crippen LogP contribution in [0, 0.1) is 21.4 Å². The van der Waals surface area contributed by atoms with E-state index < -0.39 is 10.9 Å². The molecule has 7 heteroatoms. The van der Waals surface area contributed by atoms with Gasteiger partial charge in [0.25, 0.3) is 5.69 Å². The highest BCUT2D eigenvalue weighted by atomic mass is 16.6. The summed E-state index contributed by atoms with van der Waals surface area (Å²) in [5.74, 6) is -0.525. The average molecular weight is 400 g/mol. The van der Waals surface area contributed by atoms with Gasteiger partial charge in [-0.25, -0.2) is 4.79 Å². The summed E-state index contributed by atoms with van der Waals surface area (Å²) in [6, 6.07) is 21.4. The van der Waals surface area contributed by atoms with Crippen molar-refractivity contribution in [3.05, 3.63) is 105 Å². The van der Waals surface area contributed by atoms with Crippen LogP contribution in [-0.2, 0) is 6.61 Å². The van der Waals surface area contributed by atoms with E-state index in [1.165, 1.54) is 24.3 Å². The lowest BCUT2D eigenvalue weighted by molar-refractivity contribution is -0.384. The highest BCUT2D eigenvalue weighted by molar-refractivity contribution is 5.92. The second kappa shape index (κ2) is 9.17. The molecule has 0 saturated heterocycles. The minimum atomic E-state index is -1.04. The molecular weight excluding hydrogens is 384 g/mol.